The van der Waals surface area contributed by atoms with Crippen LogP contribution in [0.15, 0.2) is 29.4 Å². The number of rotatable bonds is 5. The van der Waals surface area contributed by atoms with Crippen molar-refractivity contribution in [2.75, 3.05) is 30.9 Å². The van der Waals surface area contributed by atoms with E-state index < -0.39 is 0 Å². The van der Waals surface area contributed by atoms with E-state index in [4.69, 9.17) is 4.74 Å². The SMILES string of the molecule is CCSc1nnc(N2CCCCC2)n1-c1ccccc1OC. The number of aromatic nitrogens is 3. The highest BCUT2D eigenvalue weighted by Gasteiger charge is 2.22. The molecule has 1 saturated heterocycles. The lowest BCUT2D eigenvalue weighted by Crippen LogP contribution is -2.31. The molecule has 0 radical (unpaired) electrons. The third kappa shape index (κ3) is 2.92. The minimum Gasteiger partial charge on any atom is -0.495 e. The zero-order chi connectivity index (χ0) is 15.4. The predicted octanol–water partition coefficient (Wildman–Crippen LogP) is 3.38. The van der Waals surface area contributed by atoms with Crippen LogP contribution in [0.3, 0.4) is 0 Å². The first-order chi connectivity index (χ1) is 10.8. The highest BCUT2D eigenvalue weighted by atomic mass is 32.2. The summed E-state index contributed by atoms with van der Waals surface area (Å²) in [5.41, 5.74) is 1.01. The summed E-state index contributed by atoms with van der Waals surface area (Å²) in [5.74, 6) is 2.74. The molecule has 6 heteroatoms. The van der Waals surface area contributed by atoms with Gasteiger partial charge in [0, 0.05) is 13.1 Å². The van der Waals surface area contributed by atoms with Gasteiger partial charge in [0.05, 0.1) is 12.8 Å². The number of para-hydroxylation sites is 2. The van der Waals surface area contributed by atoms with Crippen molar-refractivity contribution in [2.45, 2.75) is 31.3 Å². The molecule has 22 heavy (non-hydrogen) atoms. The van der Waals surface area contributed by atoms with E-state index in [9.17, 15) is 0 Å². The van der Waals surface area contributed by atoms with Gasteiger partial charge < -0.3 is 9.64 Å². The topological polar surface area (TPSA) is 43.2 Å². The summed E-state index contributed by atoms with van der Waals surface area (Å²) >= 11 is 1.71. The van der Waals surface area contributed by atoms with Crippen molar-refractivity contribution in [2.24, 2.45) is 0 Å². The molecule has 0 amide bonds. The smallest absolute Gasteiger partial charge is 0.232 e. The predicted molar refractivity (Wildman–Crippen MR) is 90.4 cm³/mol. The molecule has 0 N–H and O–H groups in total. The Morgan fingerprint density at radius 2 is 1.91 bits per heavy atom. The fraction of sp³-hybridized carbons (Fsp3) is 0.500. The standard InChI is InChI=1S/C16H22N4OS/c1-3-22-16-18-17-15(19-11-7-4-8-12-19)20(16)13-9-5-6-10-14(13)21-2/h5-6,9-10H,3-4,7-8,11-12H2,1-2H3. The molecular weight excluding hydrogens is 296 g/mol. The Hall–Kier alpha value is -1.69. The Morgan fingerprint density at radius 3 is 2.64 bits per heavy atom. The molecule has 1 fully saturated rings. The van der Waals surface area contributed by atoms with Crippen LogP contribution in [0.25, 0.3) is 5.69 Å². The number of ether oxygens (including phenoxy) is 1. The zero-order valence-electron chi connectivity index (χ0n) is 13.2. The van der Waals surface area contributed by atoms with Crippen LogP contribution in [0.4, 0.5) is 5.95 Å². The number of methoxy groups -OCH3 is 1. The normalized spacial score (nSPS) is 15.1. The fourth-order valence-corrected chi connectivity index (χ4v) is 3.47. The van der Waals surface area contributed by atoms with Gasteiger partial charge in [0.25, 0.3) is 0 Å². The van der Waals surface area contributed by atoms with Crippen molar-refractivity contribution in [3.05, 3.63) is 24.3 Å². The van der Waals surface area contributed by atoms with Gasteiger partial charge in [-0.25, -0.2) is 0 Å². The molecule has 0 bridgehead atoms. The Balaban J connectivity index is 2.08. The van der Waals surface area contributed by atoms with E-state index in [2.05, 4.69) is 32.7 Å². The zero-order valence-corrected chi connectivity index (χ0v) is 14.0. The number of piperidine rings is 1. The lowest BCUT2D eigenvalue weighted by molar-refractivity contribution is 0.412. The summed E-state index contributed by atoms with van der Waals surface area (Å²) in [6.07, 6.45) is 3.74. The maximum absolute atomic E-state index is 5.54. The Labute approximate surface area is 135 Å². The van der Waals surface area contributed by atoms with E-state index >= 15 is 0 Å². The second-order valence-electron chi connectivity index (χ2n) is 5.27. The van der Waals surface area contributed by atoms with Crippen molar-refractivity contribution in [3.8, 4) is 11.4 Å². The summed E-state index contributed by atoms with van der Waals surface area (Å²) in [6, 6.07) is 8.06. The number of anilines is 1. The lowest BCUT2D eigenvalue weighted by atomic mass is 10.1. The second-order valence-corrected chi connectivity index (χ2v) is 6.50. The summed E-state index contributed by atoms with van der Waals surface area (Å²) in [5, 5.41) is 9.81. The first kappa shape index (κ1) is 15.2. The van der Waals surface area contributed by atoms with Crippen LogP contribution in [0, 0.1) is 0 Å². The van der Waals surface area contributed by atoms with Crippen molar-refractivity contribution in [3.63, 3.8) is 0 Å². The first-order valence-electron chi connectivity index (χ1n) is 7.81. The molecule has 1 aliphatic rings. The number of hydrogen-bond acceptors (Lipinski definition) is 5. The number of thioether (sulfide) groups is 1. The Morgan fingerprint density at radius 1 is 1.14 bits per heavy atom. The largest absolute Gasteiger partial charge is 0.495 e. The van der Waals surface area contributed by atoms with Gasteiger partial charge in [-0.05, 0) is 37.1 Å². The van der Waals surface area contributed by atoms with Gasteiger partial charge in [0.1, 0.15) is 5.75 Å². The van der Waals surface area contributed by atoms with Crippen LogP contribution in [-0.2, 0) is 0 Å². The minimum absolute atomic E-state index is 0.846. The average Bonchev–Trinajstić information content (AvgIpc) is 2.99. The van der Waals surface area contributed by atoms with Crippen LogP contribution in [0.5, 0.6) is 5.75 Å². The maximum Gasteiger partial charge on any atom is 0.232 e. The Kier molecular flexibility index (Phi) is 4.87. The van der Waals surface area contributed by atoms with Crippen LogP contribution < -0.4 is 9.64 Å². The first-order valence-corrected chi connectivity index (χ1v) is 8.80. The van der Waals surface area contributed by atoms with Crippen molar-refractivity contribution in [1.82, 2.24) is 14.8 Å². The van der Waals surface area contributed by atoms with Crippen molar-refractivity contribution >= 4 is 17.7 Å². The van der Waals surface area contributed by atoms with Crippen LogP contribution >= 0.6 is 11.8 Å². The van der Waals surface area contributed by atoms with Gasteiger partial charge in [0.2, 0.25) is 5.95 Å². The minimum atomic E-state index is 0.846. The van der Waals surface area contributed by atoms with Gasteiger partial charge in [-0.15, -0.1) is 10.2 Å². The molecule has 2 aromatic rings. The van der Waals surface area contributed by atoms with Crippen molar-refractivity contribution < 1.29 is 4.74 Å². The molecule has 0 aliphatic carbocycles. The molecule has 1 aromatic heterocycles. The van der Waals surface area contributed by atoms with Gasteiger partial charge in [0.15, 0.2) is 5.16 Å². The molecule has 5 nitrogen and oxygen atoms in total. The van der Waals surface area contributed by atoms with E-state index in [1.165, 1.54) is 19.3 Å². The summed E-state index contributed by atoms with van der Waals surface area (Å²) < 4.78 is 7.68. The molecule has 0 atom stereocenters. The molecule has 0 spiro atoms. The van der Waals surface area contributed by atoms with Crippen LogP contribution in [0.2, 0.25) is 0 Å². The quantitative estimate of drug-likeness (QED) is 0.791. The Bertz CT molecular complexity index is 622. The molecule has 1 aromatic carbocycles. The van der Waals surface area contributed by atoms with Gasteiger partial charge in [-0.3, -0.25) is 4.57 Å². The average molecular weight is 318 g/mol. The summed E-state index contributed by atoms with van der Waals surface area (Å²) in [4.78, 5) is 2.34. The van der Waals surface area contributed by atoms with Gasteiger partial charge >= 0.3 is 0 Å². The number of benzene rings is 1. The third-order valence-electron chi connectivity index (χ3n) is 3.85. The molecule has 0 unspecified atom stereocenters. The highest BCUT2D eigenvalue weighted by molar-refractivity contribution is 7.99. The molecular formula is C16H22N4OS. The van der Waals surface area contributed by atoms with E-state index in [1.54, 1.807) is 18.9 Å². The number of nitrogens with zero attached hydrogens (tertiary/aromatic N) is 4. The third-order valence-corrected chi connectivity index (χ3v) is 4.67. The molecule has 1 aliphatic heterocycles. The lowest BCUT2D eigenvalue weighted by Gasteiger charge is -2.28. The molecule has 3 rings (SSSR count). The summed E-state index contributed by atoms with van der Waals surface area (Å²) in [6.45, 7) is 4.22. The number of hydrogen-bond donors (Lipinski definition) is 0. The fourth-order valence-electron chi connectivity index (χ4n) is 2.81. The summed E-state index contributed by atoms with van der Waals surface area (Å²) in [7, 11) is 1.70. The van der Waals surface area contributed by atoms with E-state index in [0.717, 1.165) is 41.4 Å². The highest BCUT2D eigenvalue weighted by Crippen LogP contribution is 2.32. The van der Waals surface area contributed by atoms with Crippen LogP contribution in [-0.4, -0.2) is 40.7 Å². The maximum atomic E-state index is 5.54. The van der Waals surface area contributed by atoms with E-state index in [-0.39, 0.29) is 0 Å². The second kappa shape index (κ2) is 7.05. The molecule has 0 saturated carbocycles. The van der Waals surface area contributed by atoms with Crippen LogP contribution in [0.1, 0.15) is 26.2 Å². The molecule has 2 heterocycles. The molecule has 118 valence electrons. The van der Waals surface area contributed by atoms with E-state index in [1.807, 2.05) is 18.2 Å². The van der Waals surface area contributed by atoms with Gasteiger partial charge in [-0.2, -0.15) is 0 Å². The van der Waals surface area contributed by atoms with Gasteiger partial charge in [-0.1, -0.05) is 30.8 Å². The van der Waals surface area contributed by atoms with Crippen molar-refractivity contribution in [1.29, 1.82) is 0 Å². The monoisotopic (exact) mass is 318 g/mol. The van der Waals surface area contributed by atoms with E-state index in [0.29, 0.717) is 0 Å².